The van der Waals surface area contributed by atoms with Gasteiger partial charge in [0.2, 0.25) is 4.77 Å². The summed E-state index contributed by atoms with van der Waals surface area (Å²) in [4.78, 5) is 24.6. The Balaban J connectivity index is 1.41. The van der Waals surface area contributed by atoms with Crippen molar-refractivity contribution >= 4 is 39.1 Å². The SMILES string of the molecule is Cc1cc(COc2ccc(S(=O)(=O)N(OC(=O)C(F)(F)F)C3CCCC3c3nc(=S)[nH][nH]3)cc2)c2ccccc2n1. The van der Waals surface area contributed by atoms with Gasteiger partial charge in [-0.25, -0.2) is 18.2 Å². The van der Waals surface area contributed by atoms with E-state index in [-0.39, 0.29) is 33.0 Å². The summed E-state index contributed by atoms with van der Waals surface area (Å²) in [5.74, 6) is -2.77. The minimum Gasteiger partial charge on any atom is -0.489 e. The summed E-state index contributed by atoms with van der Waals surface area (Å²) in [7, 11) is -4.74. The van der Waals surface area contributed by atoms with E-state index in [1.54, 1.807) is 0 Å². The van der Waals surface area contributed by atoms with Gasteiger partial charge in [-0.3, -0.25) is 15.2 Å². The third kappa shape index (κ3) is 6.11. The molecule has 0 spiro atoms. The van der Waals surface area contributed by atoms with E-state index in [4.69, 9.17) is 17.0 Å². The molecule has 2 unspecified atom stereocenters. The zero-order chi connectivity index (χ0) is 29.4. The van der Waals surface area contributed by atoms with Crippen molar-refractivity contribution in [2.45, 2.75) is 55.8 Å². The van der Waals surface area contributed by atoms with Crippen LogP contribution in [0.15, 0.2) is 59.5 Å². The molecule has 1 fully saturated rings. The topological polar surface area (TPSA) is 130 Å². The first-order valence-corrected chi connectivity index (χ1v) is 14.3. The van der Waals surface area contributed by atoms with Gasteiger partial charge in [-0.15, -0.1) is 0 Å². The van der Waals surface area contributed by atoms with Gasteiger partial charge in [-0.1, -0.05) is 24.6 Å². The van der Waals surface area contributed by atoms with Crippen molar-refractivity contribution in [1.82, 2.24) is 24.6 Å². The van der Waals surface area contributed by atoms with E-state index in [2.05, 4.69) is 25.0 Å². The standard InChI is InChI=1S/C26H24F3N5O5S2/c1-15-13-16(19-5-2-3-7-21(19)30-15)14-38-17-9-11-18(12-10-17)41(36,37)34(39-24(35)26(27,28)29)22-8-4-6-20(22)23-31-25(40)33-32-23/h2-3,5,7,9-13,20,22H,4,6,8,14H2,1H3,(H2,31,32,33,40). The number of carbonyl (C=O) groups is 1. The molecule has 1 aliphatic rings. The van der Waals surface area contributed by atoms with Crippen LogP contribution in [0.4, 0.5) is 13.2 Å². The maximum atomic E-state index is 13.6. The van der Waals surface area contributed by atoms with Gasteiger partial charge in [0, 0.05) is 22.6 Å². The number of aromatic nitrogens is 4. The number of carbonyl (C=O) groups excluding carboxylic acids is 1. The van der Waals surface area contributed by atoms with Gasteiger partial charge in [0.1, 0.15) is 18.2 Å². The number of hydrogen-bond donors (Lipinski definition) is 2. The molecule has 2 aromatic heterocycles. The molecule has 5 rings (SSSR count). The molecule has 2 N–H and O–H groups in total. The van der Waals surface area contributed by atoms with Crippen LogP contribution < -0.4 is 4.74 Å². The van der Waals surface area contributed by atoms with Crippen LogP contribution in [-0.2, 0) is 26.3 Å². The fourth-order valence-electron chi connectivity index (χ4n) is 4.89. The molecule has 2 aromatic carbocycles. The summed E-state index contributed by atoms with van der Waals surface area (Å²) in [6.07, 6.45) is -4.45. The van der Waals surface area contributed by atoms with E-state index in [0.29, 0.717) is 18.6 Å². The molecule has 10 nitrogen and oxygen atoms in total. The summed E-state index contributed by atoms with van der Waals surface area (Å²) in [5.41, 5.74) is 2.49. The number of fused-ring (bicyclic) bond motifs is 1. The third-order valence-electron chi connectivity index (χ3n) is 6.71. The predicted molar refractivity (Wildman–Crippen MR) is 143 cm³/mol. The fraction of sp³-hybridized carbons (Fsp3) is 0.308. The number of para-hydroxylation sites is 1. The van der Waals surface area contributed by atoms with Gasteiger partial charge in [-0.05, 0) is 72.8 Å². The van der Waals surface area contributed by atoms with Crippen LogP contribution in [0.3, 0.4) is 0 Å². The maximum absolute atomic E-state index is 13.6. The number of nitrogens with zero attached hydrogens (tertiary/aromatic N) is 3. The lowest BCUT2D eigenvalue weighted by molar-refractivity contribution is -0.227. The quantitative estimate of drug-likeness (QED) is 0.205. The average Bonchev–Trinajstić information content (AvgIpc) is 3.58. The smallest absolute Gasteiger partial charge is 0.489 e. The summed E-state index contributed by atoms with van der Waals surface area (Å²) in [6, 6.07) is 13.4. The Labute approximate surface area is 237 Å². The number of pyridine rings is 1. The highest BCUT2D eigenvalue weighted by Gasteiger charge is 2.49. The number of sulfonamides is 1. The van der Waals surface area contributed by atoms with Gasteiger partial charge in [0.15, 0.2) is 0 Å². The molecule has 2 atom stereocenters. The Hall–Kier alpha value is -3.82. The molecule has 0 amide bonds. The summed E-state index contributed by atoms with van der Waals surface area (Å²) in [6.45, 7) is 2.03. The van der Waals surface area contributed by atoms with E-state index >= 15 is 0 Å². The highest BCUT2D eigenvalue weighted by molar-refractivity contribution is 7.89. The van der Waals surface area contributed by atoms with Gasteiger partial charge in [-0.2, -0.15) is 13.2 Å². The molecule has 0 radical (unpaired) electrons. The lowest BCUT2D eigenvalue weighted by Gasteiger charge is -2.29. The number of aromatic amines is 2. The number of ether oxygens (including phenoxy) is 1. The van der Waals surface area contributed by atoms with Crippen molar-refractivity contribution < 1.29 is 36.0 Å². The van der Waals surface area contributed by atoms with E-state index in [1.807, 2.05) is 37.3 Å². The summed E-state index contributed by atoms with van der Waals surface area (Å²) >= 11 is 4.96. The molecule has 0 aliphatic heterocycles. The van der Waals surface area contributed by atoms with Crippen molar-refractivity contribution in [2.24, 2.45) is 0 Å². The van der Waals surface area contributed by atoms with Crippen LogP contribution in [0.5, 0.6) is 5.75 Å². The summed E-state index contributed by atoms with van der Waals surface area (Å²) in [5, 5.41) is 6.21. The first kappa shape index (κ1) is 28.7. The number of H-pyrrole nitrogens is 2. The number of halogens is 3. The highest BCUT2D eigenvalue weighted by atomic mass is 32.2. The molecule has 15 heteroatoms. The first-order chi connectivity index (χ1) is 19.4. The van der Waals surface area contributed by atoms with Crippen molar-refractivity contribution in [3.8, 4) is 5.75 Å². The molecule has 2 heterocycles. The van der Waals surface area contributed by atoms with Crippen molar-refractivity contribution in [3.63, 3.8) is 0 Å². The van der Waals surface area contributed by atoms with Crippen molar-refractivity contribution in [3.05, 3.63) is 76.5 Å². The predicted octanol–water partition coefficient (Wildman–Crippen LogP) is 5.25. The van der Waals surface area contributed by atoms with E-state index in [9.17, 15) is 26.4 Å². The zero-order valence-electron chi connectivity index (χ0n) is 21.5. The van der Waals surface area contributed by atoms with Crippen molar-refractivity contribution in [1.29, 1.82) is 0 Å². The lowest BCUT2D eigenvalue weighted by atomic mass is 10.0. The number of nitrogens with one attached hydrogen (secondary N) is 2. The van der Waals surface area contributed by atoms with E-state index in [0.717, 1.165) is 22.2 Å². The van der Waals surface area contributed by atoms with Crippen LogP contribution >= 0.6 is 12.2 Å². The largest absolute Gasteiger partial charge is 0.492 e. The normalized spacial score (nSPS) is 17.7. The zero-order valence-corrected chi connectivity index (χ0v) is 23.1. The second-order valence-corrected chi connectivity index (χ2v) is 11.7. The van der Waals surface area contributed by atoms with Crippen LogP contribution in [0.1, 0.15) is 42.3 Å². The minimum absolute atomic E-state index is 0.0952. The minimum atomic E-state index is -5.42. The monoisotopic (exact) mass is 607 g/mol. The molecule has 1 saturated carbocycles. The van der Waals surface area contributed by atoms with Gasteiger partial charge < -0.3 is 9.57 Å². The number of alkyl halides is 3. The number of hydrogen-bond acceptors (Lipinski definition) is 8. The average molecular weight is 608 g/mol. The Morgan fingerprint density at radius 3 is 2.51 bits per heavy atom. The Morgan fingerprint density at radius 2 is 1.83 bits per heavy atom. The number of hydroxylamine groups is 1. The van der Waals surface area contributed by atoms with Crippen LogP contribution in [-0.4, -0.2) is 51.2 Å². The molecule has 0 bridgehead atoms. The third-order valence-corrected chi connectivity index (χ3v) is 8.59. The van der Waals surface area contributed by atoms with E-state index < -0.39 is 34.1 Å². The van der Waals surface area contributed by atoms with Crippen LogP contribution in [0.2, 0.25) is 0 Å². The number of aryl methyl sites for hydroxylation is 1. The van der Waals surface area contributed by atoms with E-state index in [1.165, 1.54) is 24.3 Å². The Morgan fingerprint density at radius 1 is 1.10 bits per heavy atom. The highest BCUT2D eigenvalue weighted by Crippen LogP contribution is 2.39. The van der Waals surface area contributed by atoms with Crippen LogP contribution in [0, 0.1) is 11.7 Å². The molecular formula is C26H24F3N5O5S2. The van der Waals surface area contributed by atoms with Crippen LogP contribution in [0.25, 0.3) is 10.9 Å². The lowest BCUT2D eigenvalue weighted by Crippen LogP contribution is -2.45. The second kappa shape index (κ2) is 11.2. The first-order valence-electron chi connectivity index (χ1n) is 12.5. The molecule has 41 heavy (non-hydrogen) atoms. The number of benzene rings is 2. The molecule has 4 aromatic rings. The Bertz CT molecular complexity index is 1740. The van der Waals surface area contributed by atoms with Gasteiger partial charge in [0.05, 0.1) is 16.5 Å². The second-order valence-electron chi connectivity index (χ2n) is 9.49. The maximum Gasteiger partial charge on any atom is 0.492 e. The van der Waals surface area contributed by atoms with Crippen molar-refractivity contribution in [2.75, 3.05) is 0 Å². The van der Waals surface area contributed by atoms with Gasteiger partial charge >= 0.3 is 12.1 Å². The number of rotatable bonds is 8. The van der Waals surface area contributed by atoms with Gasteiger partial charge in [0.25, 0.3) is 10.0 Å². The molecule has 0 saturated heterocycles. The molecular weight excluding hydrogens is 583 g/mol. The molecule has 1 aliphatic carbocycles. The summed E-state index contributed by atoms with van der Waals surface area (Å²) < 4.78 is 72.8. The molecule has 216 valence electrons. The fourth-order valence-corrected chi connectivity index (χ4v) is 6.50. The Kier molecular flexibility index (Phi) is 7.85.